The summed E-state index contributed by atoms with van der Waals surface area (Å²) >= 11 is 0. The van der Waals surface area contributed by atoms with Crippen molar-refractivity contribution in [3.63, 3.8) is 0 Å². The van der Waals surface area contributed by atoms with E-state index in [0.29, 0.717) is 6.54 Å². The van der Waals surface area contributed by atoms with Crippen molar-refractivity contribution >= 4 is 11.5 Å². The molecule has 2 aliphatic heterocycles. The molecular formula is C20H22BrFN2O. The third kappa shape index (κ3) is 3.00. The number of hydrogen-bond acceptors (Lipinski definition) is 2. The largest absolute Gasteiger partial charge is 1.00 e. The van der Waals surface area contributed by atoms with Gasteiger partial charge < -0.3 is 22.1 Å². The standard InChI is InChI=1S/C20H22FN2O.BrH/c1-15-6-2-3-7-18(15)22-14-20(24,16-9-11-17(21)12-10-16)23-13-5-4-8-19(22)23;/h2-3,6-7,9-12,24H,4-5,8,13-14H2,1H3;1H/q+1;/p-1. The zero-order valence-electron chi connectivity index (χ0n) is 14.3. The molecule has 0 saturated carbocycles. The molecule has 2 heterocycles. The Morgan fingerprint density at radius 2 is 1.80 bits per heavy atom. The van der Waals surface area contributed by atoms with Crippen molar-refractivity contribution in [2.75, 3.05) is 18.0 Å². The smallest absolute Gasteiger partial charge is 0.271 e. The predicted molar refractivity (Wildman–Crippen MR) is 92.8 cm³/mol. The average molecular weight is 405 g/mol. The molecule has 2 aromatic carbocycles. The number of aryl methyl sites for hydroxylation is 1. The first-order chi connectivity index (χ1) is 11.6. The molecule has 1 unspecified atom stereocenters. The van der Waals surface area contributed by atoms with Crippen molar-refractivity contribution in [3.05, 3.63) is 65.5 Å². The van der Waals surface area contributed by atoms with Gasteiger partial charge in [0.15, 0.2) is 6.54 Å². The molecule has 0 aromatic heterocycles. The number of hydrogen-bond donors (Lipinski definition) is 1. The van der Waals surface area contributed by atoms with Gasteiger partial charge in [0.1, 0.15) is 11.5 Å². The van der Waals surface area contributed by atoms with Gasteiger partial charge in [0.2, 0.25) is 0 Å². The number of β-amino-alcohol motifs (C(OH)–C–C–N with tert-alkyl or cyclic N) is 1. The van der Waals surface area contributed by atoms with Crippen LogP contribution in [0.2, 0.25) is 0 Å². The number of anilines is 1. The second-order valence-electron chi connectivity index (χ2n) is 6.72. The zero-order valence-corrected chi connectivity index (χ0v) is 15.8. The van der Waals surface area contributed by atoms with E-state index in [1.54, 1.807) is 12.1 Å². The lowest BCUT2D eigenvalue weighted by Gasteiger charge is -2.24. The van der Waals surface area contributed by atoms with Crippen LogP contribution in [-0.4, -0.2) is 28.6 Å². The number of halogens is 2. The summed E-state index contributed by atoms with van der Waals surface area (Å²) in [4.78, 5) is 2.23. The van der Waals surface area contributed by atoms with E-state index in [1.165, 1.54) is 23.5 Å². The summed E-state index contributed by atoms with van der Waals surface area (Å²) in [7, 11) is 0. The second-order valence-corrected chi connectivity index (χ2v) is 6.72. The molecule has 132 valence electrons. The first-order valence-electron chi connectivity index (χ1n) is 8.55. The van der Waals surface area contributed by atoms with Crippen LogP contribution in [0.15, 0.2) is 48.5 Å². The molecule has 2 aromatic rings. The van der Waals surface area contributed by atoms with Crippen LogP contribution in [0, 0.1) is 12.7 Å². The van der Waals surface area contributed by atoms with E-state index >= 15 is 0 Å². The molecule has 1 atom stereocenters. The number of amidine groups is 1. The lowest BCUT2D eigenvalue weighted by molar-refractivity contribution is -0.661. The highest BCUT2D eigenvalue weighted by Gasteiger charge is 2.52. The SMILES string of the molecule is Cc1ccccc1N1CC(O)(c2ccc(F)cc2)[N+]2=C1CCCC2.[Br-]. The summed E-state index contributed by atoms with van der Waals surface area (Å²) < 4.78 is 15.4. The van der Waals surface area contributed by atoms with Crippen LogP contribution >= 0.6 is 0 Å². The van der Waals surface area contributed by atoms with E-state index in [9.17, 15) is 9.50 Å². The van der Waals surface area contributed by atoms with Crippen LogP contribution in [0.1, 0.15) is 30.4 Å². The summed E-state index contributed by atoms with van der Waals surface area (Å²) in [5.74, 6) is 0.890. The molecule has 3 nitrogen and oxygen atoms in total. The van der Waals surface area contributed by atoms with Crippen LogP contribution in [0.25, 0.3) is 0 Å². The van der Waals surface area contributed by atoms with Gasteiger partial charge in [-0.25, -0.2) is 13.9 Å². The lowest BCUT2D eigenvalue weighted by atomic mass is 10.0. The number of nitrogens with zero attached hydrogens (tertiary/aromatic N) is 2. The average Bonchev–Trinajstić information content (AvgIpc) is 2.90. The molecule has 1 N–H and O–H groups in total. The summed E-state index contributed by atoms with van der Waals surface area (Å²) in [5, 5.41) is 11.5. The summed E-state index contributed by atoms with van der Waals surface area (Å²) in [6, 6.07) is 14.5. The van der Waals surface area contributed by atoms with Crippen LogP contribution in [0.5, 0.6) is 0 Å². The Kier molecular flexibility index (Phi) is 4.98. The molecular weight excluding hydrogens is 383 g/mol. The van der Waals surface area contributed by atoms with E-state index in [-0.39, 0.29) is 22.8 Å². The molecule has 0 amide bonds. The highest BCUT2D eigenvalue weighted by molar-refractivity contribution is 5.96. The minimum Gasteiger partial charge on any atom is -1.00 e. The van der Waals surface area contributed by atoms with Gasteiger partial charge >= 0.3 is 0 Å². The summed E-state index contributed by atoms with van der Waals surface area (Å²) in [6.07, 6.45) is 3.15. The van der Waals surface area contributed by atoms with Gasteiger partial charge in [0.25, 0.3) is 11.6 Å². The van der Waals surface area contributed by atoms with Crippen molar-refractivity contribution in [3.8, 4) is 0 Å². The quantitative estimate of drug-likeness (QED) is 0.733. The molecule has 0 spiro atoms. The Labute approximate surface area is 158 Å². The summed E-state index contributed by atoms with van der Waals surface area (Å²) in [6.45, 7) is 3.39. The number of rotatable bonds is 2. The van der Waals surface area contributed by atoms with Crippen molar-refractivity contribution in [2.45, 2.75) is 31.9 Å². The fourth-order valence-corrected chi connectivity index (χ4v) is 3.95. The van der Waals surface area contributed by atoms with E-state index in [4.69, 9.17) is 0 Å². The third-order valence-corrected chi connectivity index (χ3v) is 5.19. The minimum absolute atomic E-state index is 0. The number of para-hydroxylation sites is 1. The third-order valence-electron chi connectivity index (χ3n) is 5.19. The van der Waals surface area contributed by atoms with Crippen molar-refractivity contribution in [1.29, 1.82) is 0 Å². The van der Waals surface area contributed by atoms with E-state index < -0.39 is 5.72 Å². The van der Waals surface area contributed by atoms with Crippen LogP contribution in [0.4, 0.5) is 10.1 Å². The minimum atomic E-state index is -1.11. The molecule has 5 heteroatoms. The van der Waals surface area contributed by atoms with Gasteiger partial charge in [-0.3, -0.25) is 0 Å². The van der Waals surface area contributed by atoms with Crippen LogP contribution < -0.4 is 21.9 Å². The lowest BCUT2D eigenvalue weighted by Crippen LogP contribution is -3.00. The zero-order chi connectivity index (χ0) is 16.7. The molecule has 0 bridgehead atoms. The normalized spacial score (nSPS) is 22.6. The predicted octanol–water partition coefficient (Wildman–Crippen LogP) is 0.398. The Hall–Kier alpha value is -1.72. The van der Waals surface area contributed by atoms with Gasteiger partial charge in [0, 0.05) is 12.0 Å². The maximum atomic E-state index is 13.3. The fourth-order valence-electron chi connectivity index (χ4n) is 3.95. The van der Waals surface area contributed by atoms with E-state index in [0.717, 1.165) is 37.1 Å². The number of aliphatic hydroxyl groups is 1. The van der Waals surface area contributed by atoms with Crippen LogP contribution in [-0.2, 0) is 5.72 Å². The van der Waals surface area contributed by atoms with Crippen LogP contribution in [0.3, 0.4) is 0 Å². The molecule has 0 aliphatic carbocycles. The Morgan fingerprint density at radius 1 is 1.08 bits per heavy atom. The Balaban J connectivity index is 0.00000182. The Morgan fingerprint density at radius 3 is 2.52 bits per heavy atom. The van der Waals surface area contributed by atoms with Gasteiger partial charge in [-0.1, -0.05) is 18.2 Å². The highest BCUT2D eigenvalue weighted by Crippen LogP contribution is 2.36. The molecule has 0 saturated heterocycles. The monoisotopic (exact) mass is 404 g/mol. The second kappa shape index (κ2) is 6.89. The molecule has 4 rings (SSSR count). The Bertz CT molecular complexity index is 806. The van der Waals surface area contributed by atoms with Gasteiger partial charge in [0.05, 0.1) is 6.54 Å². The summed E-state index contributed by atoms with van der Waals surface area (Å²) in [5.41, 5.74) is 1.97. The van der Waals surface area contributed by atoms with Gasteiger partial charge in [-0.05, 0) is 55.7 Å². The van der Waals surface area contributed by atoms with E-state index in [1.807, 2.05) is 12.1 Å². The first-order valence-corrected chi connectivity index (χ1v) is 8.55. The maximum absolute atomic E-state index is 13.3. The van der Waals surface area contributed by atoms with Gasteiger partial charge in [-0.2, -0.15) is 0 Å². The number of benzene rings is 2. The fraction of sp³-hybridized carbons (Fsp3) is 0.350. The molecule has 0 fully saturated rings. The molecule has 0 radical (unpaired) electrons. The highest BCUT2D eigenvalue weighted by atomic mass is 79.9. The maximum Gasteiger partial charge on any atom is 0.271 e. The van der Waals surface area contributed by atoms with Crippen molar-refractivity contribution in [2.24, 2.45) is 0 Å². The first kappa shape index (κ1) is 18.1. The topological polar surface area (TPSA) is 26.5 Å². The van der Waals surface area contributed by atoms with Gasteiger partial charge in [-0.15, -0.1) is 0 Å². The van der Waals surface area contributed by atoms with Crippen molar-refractivity contribution in [1.82, 2.24) is 0 Å². The molecule has 2 aliphatic rings. The molecule has 25 heavy (non-hydrogen) atoms. The van der Waals surface area contributed by atoms with Crippen molar-refractivity contribution < 1.29 is 31.1 Å². The van der Waals surface area contributed by atoms with E-state index in [2.05, 4.69) is 28.5 Å².